The van der Waals surface area contributed by atoms with E-state index in [1.807, 2.05) is 19.1 Å². The minimum Gasteiger partial charge on any atom is -0.493 e. The number of allylic oxidation sites excluding steroid dienone is 5. The Morgan fingerprint density at radius 2 is 2.00 bits per heavy atom. The first kappa shape index (κ1) is 23.9. The molecule has 0 aromatic heterocycles. The van der Waals surface area contributed by atoms with Gasteiger partial charge in [0.05, 0.1) is 19.3 Å². The number of halogens is 2. The van der Waals surface area contributed by atoms with E-state index >= 15 is 0 Å². The number of hydrogen-bond acceptors (Lipinski definition) is 4. The highest BCUT2D eigenvalue weighted by Crippen LogP contribution is 2.30. The summed E-state index contributed by atoms with van der Waals surface area (Å²) in [5.41, 5.74) is 0.800. The van der Waals surface area contributed by atoms with Crippen molar-refractivity contribution in [2.24, 2.45) is 0 Å². The number of carbonyl (C=O) groups excluding carboxylic acids is 1. The van der Waals surface area contributed by atoms with Crippen LogP contribution in [0.3, 0.4) is 0 Å². The summed E-state index contributed by atoms with van der Waals surface area (Å²) in [5.74, 6) is 1.36. The maximum atomic E-state index is 12.6. The molecule has 0 spiro atoms. The van der Waals surface area contributed by atoms with Crippen LogP contribution in [0.2, 0.25) is 0 Å². The SMILES string of the molecule is C=CC/C(Cl)=C\C(Cl)=C(/C)OC(CC)C(=O)NCc1cccc(OC)c1OC. The minimum atomic E-state index is -0.683. The number of carbonyl (C=O) groups is 1. The van der Waals surface area contributed by atoms with Gasteiger partial charge in [-0.2, -0.15) is 0 Å². The Morgan fingerprint density at radius 1 is 1.29 bits per heavy atom. The second-order valence-corrected chi connectivity index (χ2v) is 6.77. The van der Waals surface area contributed by atoms with Gasteiger partial charge in [-0.05, 0) is 25.5 Å². The summed E-state index contributed by atoms with van der Waals surface area (Å²) in [6, 6.07) is 5.49. The largest absolute Gasteiger partial charge is 0.493 e. The smallest absolute Gasteiger partial charge is 0.261 e. The fraction of sp³-hybridized carbons (Fsp3) is 0.381. The molecule has 1 N–H and O–H groups in total. The van der Waals surface area contributed by atoms with Gasteiger partial charge in [-0.3, -0.25) is 4.79 Å². The van der Waals surface area contributed by atoms with Crippen LogP contribution in [0.15, 0.2) is 52.8 Å². The predicted molar refractivity (Wildman–Crippen MR) is 114 cm³/mol. The summed E-state index contributed by atoms with van der Waals surface area (Å²) in [4.78, 5) is 12.6. The third kappa shape index (κ3) is 7.13. The van der Waals surface area contributed by atoms with Crippen LogP contribution in [0.4, 0.5) is 0 Å². The minimum absolute atomic E-state index is 0.252. The predicted octanol–water partition coefficient (Wildman–Crippen LogP) is 5.28. The lowest BCUT2D eigenvalue weighted by atomic mass is 10.1. The summed E-state index contributed by atoms with van der Waals surface area (Å²) < 4.78 is 16.4. The topological polar surface area (TPSA) is 56.8 Å². The van der Waals surface area contributed by atoms with Gasteiger partial charge in [0, 0.05) is 23.6 Å². The number of benzene rings is 1. The molecular formula is C21H27Cl2NO4. The van der Waals surface area contributed by atoms with Gasteiger partial charge in [0.2, 0.25) is 0 Å². The molecule has 1 amide bonds. The van der Waals surface area contributed by atoms with Crippen LogP contribution in [0, 0.1) is 0 Å². The molecule has 7 heteroatoms. The van der Waals surface area contributed by atoms with Gasteiger partial charge in [-0.25, -0.2) is 0 Å². The number of amides is 1. The molecule has 0 aliphatic carbocycles. The third-order valence-corrected chi connectivity index (χ3v) is 4.52. The molecule has 1 aromatic rings. The van der Waals surface area contributed by atoms with Crippen LogP contribution >= 0.6 is 23.2 Å². The molecule has 1 atom stereocenters. The normalized spacial score (nSPS) is 13.3. The first-order valence-corrected chi connectivity index (χ1v) is 9.61. The molecule has 1 aromatic carbocycles. The molecule has 0 heterocycles. The Morgan fingerprint density at radius 3 is 2.57 bits per heavy atom. The highest BCUT2D eigenvalue weighted by Gasteiger charge is 2.20. The van der Waals surface area contributed by atoms with E-state index in [-0.39, 0.29) is 12.5 Å². The summed E-state index contributed by atoms with van der Waals surface area (Å²) in [6.45, 7) is 7.45. The van der Waals surface area contributed by atoms with E-state index in [1.54, 1.807) is 39.4 Å². The summed E-state index contributed by atoms with van der Waals surface area (Å²) >= 11 is 12.2. The second kappa shape index (κ2) is 12.4. The Labute approximate surface area is 176 Å². The van der Waals surface area contributed by atoms with E-state index in [9.17, 15) is 4.79 Å². The molecule has 0 fully saturated rings. The zero-order valence-electron chi connectivity index (χ0n) is 16.7. The van der Waals surface area contributed by atoms with E-state index in [0.717, 1.165) is 5.56 Å². The number of hydrogen-bond donors (Lipinski definition) is 1. The number of ether oxygens (including phenoxy) is 3. The van der Waals surface area contributed by atoms with Crippen molar-refractivity contribution in [2.75, 3.05) is 14.2 Å². The molecule has 5 nitrogen and oxygen atoms in total. The van der Waals surface area contributed by atoms with Crippen molar-refractivity contribution in [2.45, 2.75) is 39.3 Å². The second-order valence-electron chi connectivity index (χ2n) is 5.87. The summed E-state index contributed by atoms with van der Waals surface area (Å²) in [5, 5.41) is 3.73. The van der Waals surface area contributed by atoms with E-state index in [1.165, 1.54) is 0 Å². The molecule has 0 aliphatic rings. The van der Waals surface area contributed by atoms with Crippen molar-refractivity contribution in [3.63, 3.8) is 0 Å². The van der Waals surface area contributed by atoms with Crippen molar-refractivity contribution in [1.29, 1.82) is 0 Å². The highest BCUT2D eigenvalue weighted by atomic mass is 35.5. The summed E-state index contributed by atoms with van der Waals surface area (Å²) in [7, 11) is 3.12. The Balaban J connectivity index is 2.82. The number of para-hydroxylation sites is 1. The Bertz CT molecular complexity index is 744. The van der Waals surface area contributed by atoms with Crippen molar-refractivity contribution in [1.82, 2.24) is 5.32 Å². The fourth-order valence-corrected chi connectivity index (χ4v) is 2.87. The summed E-state index contributed by atoms with van der Waals surface area (Å²) in [6.07, 6.45) is 3.56. The van der Waals surface area contributed by atoms with E-state index in [0.29, 0.717) is 40.2 Å². The van der Waals surface area contributed by atoms with E-state index < -0.39 is 6.10 Å². The van der Waals surface area contributed by atoms with Crippen LogP contribution < -0.4 is 14.8 Å². The average Bonchev–Trinajstić information content (AvgIpc) is 2.69. The molecule has 154 valence electrons. The molecule has 0 bridgehead atoms. The quantitative estimate of drug-likeness (QED) is 0.296. The zero-order chi connectivity index (χ0) is 21.1. The van der Waals surface area contributed by atoms with Crippen molar-refractivity contribution in [3.05, 3.63) is 58.3 Å². The van der Waals surface area contributed by atoms with Crippen LogP contribution in [-0.2, 0) is 16.1 Å². The van der Waals surface area contributed by atoms with Gasteiger partial charge >= 0.3 is 0 Å². The van der Waals surface area contributed by atoms with Gasteiger partial charge in [0.1, 0.15) is 5.76 Å². The molecule has 1 unspecified atom stereocenters. The third-order valence-electron chi connectivity index (χ3n) is 3.88. The lowest BCUT2D eigenvalue weighted by molar-refractivity contribution is -0.130. The monoisotopic (exact) mass is 427 g/mol. The lowest BCUT2D eigenvalue weighted by Crippen LogP contribution is -2.35. The zero-order valence-corrected chi connectivity index (χ0v) is 18.2. The van der Waals surface area contributed by atoms with E-state index in [2.05, 4.69) is 11.9 Å². The average molecular weight is 428 g/mol. The first-order valence-electron chi connectivity index (χ1n) is 8.85. The van der Waals surface area contributed by atoms with Crippen molar-refractivity contribution >= 4 is 29.1 Å². The first-order chi connectivity index (χ1) is 13.4. The van der Waals surface area contributed by atoms with Gasteiger partial charge in [0.15, 0.2) is 17.6 Å². The standard InChI is InChI=1S/C21H27Cl2NO4/c1-6-9-16(22)12-17(23)14(3)28-18(7-2)21(25)24-13-15-10-8-11-19(26-4)20(15)27-5/h6,8,10-12,18H,1,7,9,13H2,2-5H3,(H,24,25)/b16-12+,17-14-. The maximum absolute atomic E-state index is 12.6. The molecule has 1 rings (SSSR count). The van der Waals surface area contributed by atoms with Crippen LogP contribution in [0.25, 0.3) is 0 Å². The molecule has 0 saturated carbocycles. The molecule has 0 radical (unpaired) electrons. The fourth-order valence-electron chi connectivity index (χ4n) is 2.42. The van der Waals surface area contributed by atoms with Crippen LogP contribution in [0.1, 0.15) is 32.3 Å². The Kier molecular flexibility index (Phi) is 10.6. The molecule has 0 saturated heterocycles. The van der Waals surface area contributed by atoms with Gasteiger partial charge in [0.25, 0.3) is 5.91 Å². The molecular weight excluding hydrogens is 401 g/mol. The number of rotatable bonds is 11. The molecule has 0 aliphatic heterocycles. The van der Waals surface area contributed by atoms with Crippen LogP contribution in [-0.4, -0.2) is 26.2 Å². The molecule has 28 heavy (non-hydrogen) atoms. The van der Waals surface area contributed by atoms with Gasteiger partial charge in [-0.1, -0.05) is 48.3 Å². The lowest BCUT2D eigenvalue weighted by Gasteiger charge is -2.19. The van der Waals surface area contributed by atoms with Gasteiger partial charge < -0.3 is 19.5 Å². The van der Waals surface area contributed by atoms with Crippen molar-refractivity contribution in [3.8, 4) is 11.5 Å². The maximum Gasteiger partial charge on any atom is 0.261 e. The van der Waals surface area contributed by atoms with Crippen molar-refractivity contribution < 1.29 is 19.0 Å². The number of nitrogens with one attached hydrogen (secondary N) is 1. The number of methoxy groups -OCH3 is 2. The van der Waals surface area contributed by atoms with Gasteiger partial charge in [-0.15, -0.1) is 6.58 Å². The van der Waals surface area contributed by atoms with E-state index in [4.69, 9.17) is 37.4 Å². The van der Waals surface area contributed by atoms with Crippen LogP contribution in [0.5, 0.6) is 11.5 Å². The highest BCUT2D eigenvalue weighted by molar-refractivity contribution is 6.34. The Hall–Kier alpha value is -2.11.